The number of amides is 1. The van der Waals surface area contributed by atoms with Crippen LogP contribution in [-0.2, 0) is 5.54 Å². The Hall–Kier alpha value is -1.15. The van der Waals surface area contributed by atoms with Gasteiger partial charge in [0.1, 0.15) is 11.6 Å². The summed E-state index contributed by atoms with van der Waals surface area (Å²) in [6.45, 7) is 0. The molecular weight excluding hydrogens is 390 g/mol. The van der Waals surface area contributed by atoms with E-state index in [1.165, 1.54) is 17.8 Å². The van der Waals surface area contributed by atoms with Crippen LogP contribution in [0.25, 0.3) is 0 Å². The van der Waals surface area contributed by atoms with Crippen LogP contribution in [0, 0.1) is 17.6 Å². The normalized spacial score (nSPS) is 27.1. The van der Waals surface area contributed by atoms with Crippen LogP contribution in [0.2, 0.25) is 0 Å². The molecule has 1 aromatic carbocycles. The third kappa shape index (κ3) is 3.10. The van der Waals surface area contributed by atoms with E-state index in [4.69, 9.17) is 5.11 Å². The van der Waals surface area contributed by atoms with E-state index in [0.29, 0.717) is 17.7 Å². The van der Waals surface area contributed by atoms with Gasteiger partial charge in [0.25, 0.3) is 0 Å². The van der Waals surface area contributed by atoms with E-state index in [1.807, 2.05) is 0 Å². The molecule has 0 aromatic heterocycles. The molecule has 0 saturated heterocycles. The molecule has 1 heterocycles. The zero-order chi connectivity index (χ0) is 16.6. The Labute approximate surface area is 144 Å². The number of hydrogen-bond acceptors (Lipinski definition) is 3. The van der Waals surface area contributed by atoms with Crippen molar-refractivity contribution in [3.8, 4) is 0 Å². The highest BCUT2D eigenvalue weighted by molar-refractivity contribution is 9.10. The van der Waals surface area contributed by atoms with Crippen molar-refractivity contribution >= 4 is 39.0 Å². The van der Waals surface area contributed by atoms with Gasteiger partial charge in [0.15, 0.2) is 5.17 Å². The SMILES string of the molecule is O=C(O)NC1=NC2(c3cc(Br)c(F)cc3F)CCCCC2CS1. The predicted octanol–water partition coefficient (Wildman–Crippen LogP) is 4.48. The van der Waals surface area contributed by atoms with Crippen LogP contribution < -0.4 is 5.32 Å². The first-order chi connectivity index (χ1) is 10.9. The largest absolute Gasteiger partial charge is 0.465 e. The van der Waals surface area contributed by atoms with E-state index >= 15 is 0 Å². The first-order valence-electron chi connectivity index (χ1n) is 7.30. The summed E-state index contributed by atoms with van der Waals surface area (Å²) in [7, 11) is 0. The second-order valence-electron chi connectivity index (χ2n) is 5.77. The number of nitrogens with one attached hydrogen (secondary N) is 1. The van der Waals surface area contributed by atoms with Gasteiger partial charge in [-0.2, -0.15) is 0 Å². The Balaban J connectivity index is 2.12. The summed E-state index contributed by atoms with van der Waals surface area (Å²) in [5.74, 6) is -0.531. The van der Waals surface area contributed by atoms with Gasteiger partial charge in [0.2, 0.25) is 0 Å². The van der Waals surface area contributed by atoms with Crippen LogP contribution in [0.15, 0.2) is 21.6 Å². The Morgan fingerprint density at radius 1 is 1.39 bits per heavy atom. The van der Waals surface area contributed by atoms with Crippen molar-refractivity contribution in [3.05, 3.63) is 33.8 Å². The van der Waals surface area contributed by atoms with Crippen molar-refractivity contribution in [2.24, 2.45) is 10.9 Å². The second-order valence-corrected chi connectivity index (χ2v) is 7.63. The number of thioether (sulfide) groups is 1. The van der Waals surface area contributed by atoms with Crippen molar-refractivity contribution in [2.75, 3.05) is 5.75 Å². The van der Waals surface area contributed by atoms with E-state index in [9.17, 15) is 13.6 Å². The molecule has 0 radical (unpaired) electrons. The van der Waals surface area contributed by atoms with Gasteiger partial charge in [-0.1, -0.05) is 24.6 Å². The first kappa shape index (κ1) is 16.7. The van der Waals surface area contributed by atoms with Gasteiger partial charge in [-0.25, -0.2) is 13.6 Å². The highest BCUT2D eigenvalue weighted by Crippen LogP contribution is 2.50. The number of carbonyl (C=O) groups is 1. The van der Waals surface area contributed by atoms with E-state index < -0.39 is 23.3 Å². The zero-order valence-corrected chi connectivity index (χ0v) is 14.5. The smallest absolute Gasteiger partial charge is 0.410 e. The van der Waals surface area contributed by atoms with Crippen molar-refractivity contribution in [3.63, 3.8) is 0 Å². The molecule has 2 N–H and O–H groups in total. The molecule has 2 unspecified atom stereocenters. The Kier molecular flexibility index (Phi) is 4.64. The number of aliphatic imine (C=N–C) groups is 1. The minimum atomic E-state index is -1.19. The monoisotopic (exact) mass is 404 g/mol. The summed E-state index contributed by atoms with van der Waals surface area (Å²) in [6, 6.07) is 2.31. The summed E-state index contributed by atoms with van der Waals surface area (Å²) < 4.78 is 28.3. The number of amidine groups is 1. The van der Waals surface area contributed by atoms with Gasteiger partial charge < -0.3 is 5.11 Å². The molecule has 1 amide bonds. The molecule has 23 heavy (non-hydrogen) atoms. The standard InChI is InChI=1S/C15H15BrF2N2O2S/c16-10-5-9(11(17)6-12(10)18)15-4-2-1-3-8(15)7-23-13(20-15)19-14(21)22/h5-6,8H,1-4,7H2,(H,19,20)(H,21,22). The Morgan fingerprint density at radius 3 is 2.91 bits per heavy atom. The van der Waals surface area contributed by atoms with Gasteiger partial charge in [-0.05, 0) is 40.8 Å². The highest BCUT2D eigenvalue weighted by Gasteiger charge is 2.46. The summed E-state index contributed by atoms with van der Waals surface area (Å²) in [4.78, 5) is 15.5. The van der Waals surface area contributed by atoms with Gasteiger partial charge in [0.05, 0.1) is 10.0 Å². The van der Waals surface area contributed by atoms with Crippen LogP contribution in [0.3, 0.4) is 0 Å². The molecule has 4 nitrogen and oxygen atoms in total. The van der Waals surface area contributed by atoms with Crippen LogP contribution in [-0.4, -0.2) is 22.1 Å². The van der Waals surface area contributed by atoms with Crippen LogP contribution in [0.5, 0.6) is 0 Å². The fraction of sp³-hybridized carbons (Fsp3) is 0.467. The Bertz CT molecular complexity index is 686. The lowest BCUT2D eigenvalue weighted by Gasteiger charge is -2.44. The molecule has 2 atom stereocenters. The summed E-state index contributed by atoms with van der Waals surface area (Å²) in [6.07, 6.45) is 2.23. The first-order valence-corrected chi connectivity index (χ1v) is 9.08. The molecule has 1 saturated carbocycles. The number of fused-ring (bicyclic) bond motifs is 1. The van der Waals surface area contributed by atoms with E-state index in [1.54, 1.807) is 0 Å². The van der Waals surface area contributed by atoms with Gasteiger partial charge >= 0.3 is 6.09 Å². The van der Waals surface area contributed by atoms with Crippen molar-refractivity contribution in [1.82, 2.24) is 5.32 Å². The van der Waals surface area contributed by atoms with Crippen LogP contribution >= 0.6 is 27.7 Å². The van der Waals surface area contributed by atoms with Crippen molar-refractivity contribution < 1.29 is 18.7 Å². The fourth-order valence-corrected chi connectivity index (χ4v) is 4.95. The second kappa shape index (κ2) is 6.39. The molecule has 3 rings (SSSR count). The molecule has 2 aliphatic rings. The fourth-order valence-electron chi connectivity index (χ4n) is 3.41. The van der Waals surface area contributed by atoms with Crippen LogP contribution in [0.1, 0.15) is 31.2 Å². The molecule has 124 valence electrons. The number of carboxylic acid groups (broad SMARTS) is 1. The summed E-state index contributed by atoms with van der Waals surface area (Å²) in [5.41, 5.74) is -0.498. The quantitative estimate of drug-likeness (QED) is 0.678. The topological polar surface area (TPSA) is 61.7 Å². The van der Waals surface area contributed by atoms with E-state index in [-0.39, 0.29) is 15.6 Å². The van der Waals surface area contributed by atoms with Gasteiger partial charge in [0, 0.05) is 17.4 Å². The summed E-state index contributed by atoms with van der Waals surface area (Å²) in [5, 5.41) is 11.5. The minimum Gasteiger partial charge on any atom is -0.465 e. The number of hydrogen-bond donors (Lipinski definition) is 2. The van der Waals surface area contributed by atoms with Gasteiger partial charge in [-0.15, -0.1) is 0 Å². The zero-order valence-electron chi connectivity index (χ0n) is 12.1. The number of halogens is 3. The Morgan fingerprint density at radius 2 is 2.17 bits per heavy atom. The molecular formula is C15H15BrF2N2O2S. The van der Waals surface area contributed by atoms with Crippen molar-refractivity contribution in [2.45, 2.75) is 31.2 Å². The maximum Gasteiger partial charge on any atom is 0.410 e. The third-order valence-electron chi connectivity index (χ3n) is 4.45. The lowest BCUT2D eigenvalue weighted by molar-refractivity contribution is 0.197. The lowest BCUT2D eigenvalue weighted by Crippen LogP contribution is -2.44. The predicted molar refractivity (Wildman–Crippen MR) is 88.7 cm³/mol. The molecule has 0 spiro atoms. The van der Waals surface area contributed by atoms with Crippen LogP contribution in [0.4, 0.5) is 13.6 Å². The van der Waals surface area contributed by atoms with Crippen molar-refractivity contribution in [1.29, 1.82) is 0 Å². The van der Waals surface area contributed by atoms with Gasteiger partial charge in [-0.3, -0.25) is 10.3 Å². The maximum atomic E-state index is 14.5. The molecule has 1 aliphatic carbocycles. The lowest BCUT2D eigenvalue weighted by atomic mass is 9.69. The molecule has 8 heteroatoms. The average Bonchev–Trinajstić information content (AvgIpc) is 2.50. The summed E-state index contributed by atoms with van der Waals surface area (Å²) >= 11 is 4.44. The molecule has 1 aromatic rings. The van der Waals surface area contributed by atoms with E-state index in [0.717, 1.165) is 25.3 Å². The molecule has 1 fully saturated rings. The maximum absolute atomic E-state index is 14.5. The minimum absolute atomic E-state index is 0.104. The number of nitrogens with zero attached hydrogens (tertiary/aromatic N) is 1. The van der Waals surface area contributed by atoms with E-state index in [2.05, 4.69) is 26.2 Å². The number of rotatable bonds is 1. The molecule has 1 aliphatic heterocycles. The average molecular weight is 405 g/mol. The highest BCUT2D eigenvalue weighted by atomic mass is 79.9. The third-order valence-corrected chi connectivity index (χ3v) is 6.09. The number of benzene rings is 1. The molecule has 0 bridgehead atoms.